The summed E-state index contributed by atoms with van der Waals surface area (Å²) >= 11 is 0. The van der Waals surface area contributed by atoms with Gasteiger partial charge in [0.05, 0.1) is 11.3 Å². The lowest BCUT2D eigenvalue weighted by molar-refractivity contribution is 0.0950. The molecule has 7 heteroatoms. The van der Waals surface area contributed by atoms with Crippen LogP contribution in [0.1, 0.15) is 33.1 Å². The zero-order valence-electron chi connectivity index (χ0n) is 12.0. The summed E-state index contributed by atoms with van der Waals surface area (Å²) in [5.41, 5.74) is 3.68. The Morgan fingerprint density at radius 3 is 2.90 bits per heavy atom. The summed E-state index contributed by atoms with van der Waals surface area (Å²) in [6.45, 7) is 5.94. The van der Waals surface area contributed by atoms with E-state index in [1.807, 2.05) is 20.8 Å². The SMILES string of the molecule is Cc1noc(C)c1CNC(=O)c1cnc2n[nH]c(C)c2c1. The first kappa shape index (κ1) is 13.3. The smallest absolute Gasteiger partial charge is 0.253 e. The number of nitrogens with zero attached hydrogens (tertiary/aromatic N) is 3. The molecule has 1 amide bonds. The van der Waals surface area contributed by atoms with Gasteiger partial charge in [-0.3, -0.25) is 9.89 Å². The molecule has 0 bridgehead atoms. The Balaban J connectivity index is 1.79. The monoisotopic (exact) mass is 285 g/mol. The third-order valence-electron chi connectivity index (χ3n) is 3.47. The third kappa shape index (κ3) is 2.37. The van der Waals surface area contributed by atoms with Crippen LogP contribution in [0.25, 0.3) is 11.0 Å². The largest absolute Gasteiger partial charge is 0.361 e. The van der Waals surface area contributed by atoms with Gasteiger partial charge in [-0.05, 0) is 26.8 Å². The van der Waals surface area contributed by atoms with Crippen LogP contribution in [0.2, 0.25) is 0 Å². The fourth-order valence-corrected chi connectivity index (χ4v) is 2.17. The number of aromatic nitrogens is 4. The Morgan fingerprint density at radius 1 is 1.38 bits per heavy atom. The first-order valence-electron chi connectivity index (χ1n) is 6.57. The molecule has 3 aromatic rings. The second kappa shape index (κ2) is 5.01. The minimum Gasteiger partial charge on any atom is -0.361 e. The fourth-order valence-electron chi connectivity index (χ4n) is 2.17. The van der Waals surface area contributed by atoms with E-state index >= 15 is 0 Å². The number of H-pyrrole nitrogens is 1. The molecule has 0 aliphatic carbocycles. The van der Waals surface area contributed by atoms with Gasteiger partial charge in [0.2, 0.25) is 0 Å². The van der Waals surface area contributed by atoms with Crippen LogP contribution in [-0.2, 0) is 6.54 Å². The van der Waals surface area contributed by atoms with Crippen LogP contribution in [0, 0.1) is 20.8 Å². The molecule has 0 aromatic carbocycles. The molecular weight excluding hydrogens is 270 g/mol. The first-order chi connectivity index (χ1) is 10.1. The van der Waals surface area contributed by atoms with Gasteiger partial charge in [-0.2, -0.15) is 5.10 Å². The molecule has 3 rings (SSSR count). The number of fused-ring (bicyclic) bond motifs is 1. The van der Waals surface area contributed by atoms with E-state index < -0.39 is 0 Å². The maximum absolute atomic E-state index is 12.2. The summed E-state index contributed by atoms with van der Waals surface area (Å²) in [6, 6.07) is 1.78. The predicted molar refractivity (Wildman–Crippen MR) is 75.8 cm³/mol. The van der Waals surface area contributed by atoms with Gasteiger partial charge in [0, 0.05) is 29.4 Å². The number of carbonyl (C=O) groups is 1. The number of aryl methyl sites for hydroxylation is 3. The fraction of sp³-hybridized carbons (Fsp3) is 0.286. The van der Waals surface area contributed by atoms with Gasteiger partial charge < -0.3 is 9.84 Å². The Bertz CT molecular complexity index is 798. The predicted octanol–water partition coefficient (Wildman–Crippen LogP) is 1.80. The Morgan fingerprint density at radius 2 is 2.19 bits per heavy atom. The average molecular weight is 285 g/mol. The number of nitrogens with one attached hydrogen (secondary N) is 2. The minimum atomic E-state index is -0.190. The topological polar surface area (TPSA) is 96.7 Å². The molecular formula is C14H15N5O2. The average Bonchev–Trinajstić information content (AvgIpc) is 3.00. The Hall–Kier alpha value is -2.70. The van der Waals surface area contributed by atoms with Gasteiger partial charge in [-0.1, -0.05) is 5.16 Å². The quantitative estimate of drug-likeness (QED) is 0.764. The third-order valence-corrected chi connectivity index (χ3v) is 3.47. The first-order valence-corrected chi connectivity index (χ1v) is 6.57. The van der Waals surface area contributed by atoms with Gasteiger partial charge in [0.1, 0.15) is 5.76 Å². The summed E-state index contributed by atoms with van der Waals surface area (Å²) in [7, 11) is 0. The van der Waals surface area contributed by atoms with Crippen molar-refractivity contribution >= 4 is 16.9 Å². The molecule has 0 fully saturated rings. The molecule has 2 N–H and O–H groups in total. The molecule has 0 unspecified atom stereocenters. The Labute approximate surface area is 120 Å². The van der Waals surface area contributed by atoms with E-state index in [-0.39, 0.29) is 5.91 Å². The summed E-state index contributed by atoms with van der Waals surface area (Å²) in [5, 5.41) is 14.4. The van der Waals surface area contributed by atoms with Crippen molar-refractivity contribution in [3.63, 3.8) is 0 Å². The van der Waals surface area contributed by atoms with Gasteiger partial charge >= 0.3 is 0 Å². The number of carbonyl (C=O) groups excluding carboxylic acids is 1. The van der Waals surface area contributed by atoms with Crippen LogP contribution in [0.3, 0.4) is 0 Å². The van der Waals surface area contributed by atoms with Crippen molar-refractivity contribution in [3.8, 4) is 0 Å². The van der Waals surface area contributed by atoms with Crippen molar-refractivity contribution in [1.29, 1.82) is 0 Å². The van der Waals surface area contributed by atoms with Crippen molar-refractivity contribution in [3.05, 3.63) is 40.5 Å². The normalized spacial score (nSPS) is 11.0. The number of hydrogen-bond donors (Lipinski definition) is 2. The maximum atomic E-state index is 12.2. The van der Waals surface area contributed by atoms with Crippen LogP contribution < -0.4 is 5.32 Å². The van der Waals surface area contributed by atoms with E-state index in [1.165, 1.54) is 6.20 Å². The molecule has 21 heavy (non-hydrogen) atoms. The molecule has 0 saturated heterocycles. The second-order valence-electron chi connectivity index (χ2n) is 4.93. The number of rotatable bonds is 3. The van der Waals surface area contributed by atoms with E-state index in [1.54, 1.807) is 6.07 Å². The standard InChI is InChI=1S/C14H15N5O2/c1-7-11-4-10(5-15-13(11)18-17-7)14(20)16-6-12-8(2)19-21-9(12)3/h4-5H,6H2,1-3H3,(H,16,20)(H,15,17,18). The molecule has 3 aromatic heterocycles. The summed E-state index contributed by atoms with van der Waals surface area (Å²) in [4.78, 5) is 16.4. The zero-order valence-corrected chi connectivity index (χ0v) is 12.0. The molecule has 0 radical (unpaired) electrons. The minimum absolute atomic E-state index is 0.190. The van der Waals surface area contributed by atoms with E-state index in [0.29, 0.717) is 23.5 Å². The van der Waals surface area contributed by atoms with Gasteiger partial charge in [0.15, 0.2) is 5.65 Å². The zero-order chi connectivity index (χ0) is 15.0. The van der Waals surface area contributed by atoms with Crippen LogP contribution in [0.5, 0.6) is 0 Å². The van der Waals surface area contributed by atoms with Crippen molar-refractivity contribution in [2.45, 2.75) is 27.3 Å². The van der Waals surface area contributed by atoms with Crippen LogP contribution in [0.15, 0.2) is 16.8 Å². The highest BCUT2D eigenvalue weighted by Crippen LogP contribution is 2.15. The second-order valence-corrected chi connectivity index (χ2v) is 4.93. The molecule has 0 aliphatic heterocycles. The van der Waals surface area contributed by atoms with Crippen LogP contribution in [-0.4, -0.2) is 26.2 Å². The lowest BCUT2D eigenvalue weighted by Gasteiger charge is -2.04. The summed E-state index contributed by atoms with van der Waals surface area (Å²) < 4.78 is 5.07. The van der Waals surface area contributed by atoms with Gasteiger partial charge in [-0.15, -0.1) is 0 Å². The number of aromatic amines is 1. The highest BCUT2D eigenvalue weighted by molar-refractivity contribution is 5.97. The number of hydrogen-bond acceptors (Lipinski definition) is 5. The highest BCUT2D eigenvalue weighted by atomic mass is 16.5. The molecule has 3 heterocycles. The lowest BCUT2D eigenvalue weighted by Crippen LogP contribution is -2.23. The van der Waals surface area contributed by atoms with E-state index in [4.69, 9.17) is 4.52 Å². The lowest BCUT2D eigenvalue weighted by atomic mass is 10.1. The molecule has 0 saturated carbocycles. The van der Waals surface area contributed by atoms with E-state index in [0.717, 1.165) is 22.3 Å². The number of pyridine rings is 1. The summed E-state index contributed by atoms with van der Waals surface area (Å²) in [6.07, 6.45) is 1.52. The van der Waals surface area contributed by atoms with Gasteiger partial charge in [-0.25, -0.2) is 4.98 Å². The van der Waals surface area contributed by atoms with E-state index in [2.05, 4.69) is 25.7 Å². The van der Waals surface area contributed by atoms with Crippen LogP contribution >= 0.6 is 0 Å². The van der Waals surface area contributed by atoms with Crippen molar-refractivity contribution in [2.24, 2.45) is 0 Å². The molecule has 0 atom stereocenters. The highest BCUT2D eigenvalue weighted by Gasteiger charge is 2.13. The molecule has 0 aliphatic rings. The molecule has 7 nitrogen and oxygen atoms in total. The molecule has 0 spiro atoms. The summed E-state index contributed by atoms with van der Waals surface area (Å²) in [5.74, 6) is 0.525. The Kier molecular flexibility index (Phi) is 3.17. The maximum Gasteiger partial charge on any atom is 0.253 e. The van der Waals surface area contributed by atoms with Gasteiger partial charge in [0.25, 0.3) is 5.91 Å². The van der Waals surface area contributed by atoms with Crippen molar-refractivity contribution < 1.29 is 9.32 Å². The number of amides is 1. The van der Waals surface area contributed by atoms with Crippen molar-refractivity contribution in [2.75, 3.05) is 0 Å². The molecule has 108 valence electrons. The van der Waals surface area contributed by atoms with E-state index in [9.17, 15) is 4.79 Å². The van der Waals surface area contributed by atoms with Crippen LogP contribution in [0.4, 0.5) is 0 Å². The van der Waals surface area contributed by atoms with Crippen molar-refractivity contribution in [1.82, 2.24) is 25.7 Å².